The first-order valence-electron chi connectivity index (χ1n) is 7.93. The lowest BCUT2D eigenvalue weighted by molar-refractivity contribution is 0.224. The summed E-state index contributed by atoms with van der Waals surface area (Å²) in [6, 6.07) is 0.556. The molecule has 1 heterocycles. The fourth-order valence-corrected chi connectivity index (χ4v) is 2.36. The number of aliphatic hydroxyl groups is 1. The van der Waals surface area contributed by atoms with Gasteiger partial charge in [-0.3, -0.25) is 0 Å². The second kappa shape index (κ2) is 9.46. The van der Waals surface area contributed by atoms with E-state index in [1.54, 1.807) is 6.08 Å². The van der Waals surface area contributed by atoms with E-state index in [1.807, 2.05) is 18.4 Å². The largest absolute Gasteiger partial charge is 0.512 e. The van der Waals surface area contributed by atoms with E-state index in [-0.39, 0.29) is 0 Å². The monoisotopic (exact) mass is 290 g/mol. The summed E-state index contributed by atoms with van der Waals surface area (Å²) in [5.74, 6) is 0.415. The van der Waals surface area contributed by atoms with Gasteiger partial charge in [0.15, 0.2) is 0 Å². The summed E-state index contributed by atoms with van der Waals surface area (Å²) < 4.78 is 0. The van der Waals surface area contributed by atoms with Crippen LogP contribution in [0.15, 0.2) is 48.0 Å². The van der Waals surface area contributed by atoms with Crippen LogP contribution in [0.4, 0.5) is 0 Å². The van der Waals surface area contributed by atoms with Gasteiger partial charge in [-0.25, -0.2) is 0 Å². The van der Waals surface area contributed by atoms with Crippen molar-refractivity contribution >= 4 is 0 Å². The SMILES string of the molecule is C=C1C/C=C\C=C(\O)C/C(CCN(CCC)C(C)C)=C\N1. The quantitative estimate of drug-likeness (QED) is 0.766. The molecule has 0 bridgehead atoms. The molecule has 0 amide bonds. The fourth-order valence-electron chi connectivity index (χ4n) is 2.36. The highest BCUT2D eigenvalue weighted by atomic mass is 16.3. The minimum atomic E-state index is 0.415. The van der Waals surface area contributed by atoms with Crippen LogP contribution in [0.5, 0.6) is 0 Å². The number of nitrogens with one attached hydrogen (secondary N) is 1. The minimum absolute atomic E-state index is 0.415. The minimum Gasteiger partial charge on any atom is -0.512 e. The highest BCUT2D eigenvalue weighted by Gasteiger charge is 2.10. The number of rotatable bonds is 6. The Balaban J connectivity index is 2.68. The first-order valence-corrected chi connectivity index (χ1v) is 7.93. The smallest absolute Gasteiger partial charge is 0.0963 e. The summed E-state index contributed by atoms with van der Waals surface area (Å²) in [4.78, 5) is 2.48. The first kappa shape index (κ1) is 17.6. The zero-order valence-corrected chi connectivity index (χ0v) is 13.7. The molecule has 3 heteroatoms. The molecule has 0 aromatic rings. The van der Waals surface area contributed by atoms with Crippen molar-refractivity contribution in [2.45, 2.75) is 52.5 Å². The third-order valence-corrected chi connectivity index (χ3v) is 3.64. The molecule has 1 aliphatic rings. The van der Waals surface area contributed by atoms with Gasteiger partial charge in [-0.15, -0.1) is 0 Å². The van der Waals surface area contributed by atoms with Crippen LogP contribution in [0.25, 0.3) is 0 Å². The molecule has 0 saturated carbocycles. The van der Waals surface area contributed by atoms with Gasteiger partial charge in [0.2, 0.25) is 0 Å². The zero-order valence-electron chi connectivity index (χ0n) is 13.7. The van der Waals surface area contributed by atoms with Gasteiger partial charge in [0.1, 0.15) is 0 Å². The molecule has 0 unspecified atom stereocenters. The van der Waals surface area contributed by atoms with Crippen LogP contribution in [0.3, 0.4) is 0 Å². The van der Waals surface area contributed by atoms with Crippen molar-refractivity contribution < 1.29 is 5.11 Å². The summed E-state index contributed by atoms with van der Waals surface area (Å²) in [5.41, 5.74) is 2.19. The molecule has 0 saturated heterocycles. The average molecular weight is 290 g/mol. The molecule has 0 radical (unpaired) electrons. The van der Waals surface area contributed by atoms with Crippen LogP contribution in [-0.2, 0) is 0 Å². The molecule has 1 rings (SSSR count). The maximum absolute atomic E-state index is 9.95. The van der Waals surface area contributed by atoms with Crippen LogP contribution < -0.4 is 5.32 Å². The average Bonchev–Trinajstić information content (AvgIpc) is 2.44. The highest BCUT2D eigenvalue weighted by molar-refractivity contribution is 5.19. The van der Waals surface area contributed by atoms with Crippen LogP contribution >= 0.6 is 0 Å². The van der Waals surface area contributed by atoms with E-state index in [9.17, 15) is 5.11 Å². The van der Waals surface area contributed by atoms with E-state index in [0.717, 1.165) is 31.6 Å². The number of aliphatic hydroxyl groups excluding tert-OH is 1. The van der Waals surface area contributed by atoms with E-state index in [4.69, 9.17) is 0 Å². The summed E-state index contributed by atoms with van der Waals surface area (Å²) >= 11 is 0. The van der Waals surface area contributed by atoms with E-state index >= 15 is 0 Å². The normalized spacial score (nSPS) is 23.2. The predicted molar refractivity (Wildman–Crippen MR) is 91.1 cm³/mol. The van der Waals surface area contributed by atoms with Crippen LogP contribution in [0, 0.1) is 0 Å². The molecule has 3 nitrogen and oxygen atoms in total. The van der Waals surface area contributed by atoms with E-state index in [1.165, 1.54) is 12.0 Å². The molecule has 2 N–H and O–H groups in total. The number of hydrogen-bond donors (Lipinski definition) is 2. The summed E-state index contributed by atoms with van der Waals surface area (Å²) in [7, 11) is 0. The summed E-state index contributed by atoms with van der Waals surface area (Å²) in [6.07, 6.45) is 11.2. The number of allylic oxidation sites excluding steroid dienone is 4. The molecule has 1 aliphatic heterocycles. The van der Waals surface area contributed by atoms with Gasteiger partial charge in [0.05, 0.1) is 5.76 Å². The second-order valence-corrected chi connectivity index (χ2v) is 5.90. The maximum Gasteiger partial charge on any atom is 0.0963 e. The predicted octanol–water partition coefficient (Wildman–Crippen LogP) is 4.28. The third-order valence-electron chi connectivity index (χ3n) is 3.64. The Bertz CT molecular complexity index is 419. The Kier molecular flexibility index (Phi) is 7.91. The Morgan fingerprint density at radius 2 is 2.14 bits per heavy atom. The molecular weight excluding hydrogens is 260 g/mol. The molecule has 0 aromatic heterocycles. The highest BCUT2D eigenvalue weighted by Crippen LogP contribution is 2.16. The number of hydrogen-bond acceptors (Lipinski definition) is 3. The Morgan fingerprint density at radius 3 is 2.81 bits per heavy atom. The van der Waals surface area contributed by atoms with Gasteiger partial charge in [-0.1, -0.05) is 25.7 Å². The Morgan fingerprint density at radius 1 is 1.38 bits per heavy atom. The van der Waals surface area contributed by atoms with E-state index in [2.05, 4.69) is 37.6 Å². The van der Waals surface area contributed by atoms with Crippen molar-refractivity contribution in [2.75, 3.05) is 13.1 Å². The number of nitrogens with zero attached hydrogens (tertiary/aromatic N) is 1. The third kappa shape index (κ3) is 7.19. The Hall–Kier alpha value is -1.48. The molecule has 0 aliphatic carbocycles. The van der Waals surface area contributed by atoms with Crippen LogP contribution in [-0.4, -0.2) is 29.1 Å². The summed E-state index contributed by atoms with van der Waals surface area (Å²) in [5, 5.41) is 13.2. The van der Waals surface area contributed by atoms with Gasteiger partial charge in [-0.2, -0.15) is 0 Å². The van der Waals surface area contributed by atoms with Gasteiger partial charge in [0, 0.05) is 37.3 Å². The molecule has 0 aromatic carbocycles. The van der Waals surface area contributed by atoms with Crippen molar-refractivity contribution in [1.82, 2.24) is 10.2 Å². The van der Waals surface area contributed by atoms with Crippen molar-refractivity contribution in [3.8, 4) is 0 Å². The lowest BCUT2D eigenvalue weighted by Crippen LogP contribution is -2.32. The topological polar surface area (TPSA) is 35.5 Å². The molecule has 118 valence electrons. The van der Waals surface area contributed by atoms with E-state index in [0.29, 0.717) is 18.2 Å². The first-order chi connectivity index (χ1) is 10.0. The Labute approximate surface area is 129 Å². The van der Waals surface area contributed by atoms with Crippen molar-refractivity contribution in [3.05, 3.63) is 48.0 Å². The zero-order chi connectivity index (χ0) is 15.7. The van der Waals surface area contributed by atoms with Crippen LogP contribution in [0.2, 0.25) is 0 Å². The summed E-state index contributed by atoms with van der Waals surface area (Å²) in [6.45, 7) is 12.8. The molecular formula is C18H30N2O. The molecule has 0 spiro atoms. The van der Waals surface area contributed by atoms with Gasteiger partial charge in [-0.05, 0) is 44.9 Å². The van der Waals surface area contributed by atoms with Crippen molar-refractivity contribution in [2.24, 2.45) is 0 Å². The standard InChI is InChI=1S/C18H30N2O/c1-5-11-20(15(2)3)12-10-17-13-18(21)9-7-6-8-16(4)19-14-17/h6-7,9,14-15,19,21H,4-5,8,10-13H2,1-3H3/b7-6-,17-14-,18-9+. The van der Waals surface area contributed by atoms with Gasteiger partial charge >= 0.3 is 0 Å². The fraction of sp³-hybridized carbons (Fsp3) is 0.556. The van der Waals surface area contributed by atoms with Gasteiger partial charge in [0.25, 0.3) is 0 Å². The second-order valence-electron chi connectivity index (χ2n) is 5.90. The van der Waals surface area contributed by atoms with E-state index < -0.39 is 0 Å². The van der Waals surface area contributed by atoms with Crippen molar-refractivity contribution in [1.29, 1.82) is 0 Å². The lowest BCUT2D eigenvalue weighted by atomic mass is 10.1. The molecule has 0 atom stereocenters. The van der Waals surface area contributed by atoms with Crippen LogP contribution in [0.1, 0.15) is 46.5 Å². The molecule has 0 fully saturated rings. The maximum atomic E-state index is 9.95. The lowest BCUT2D eigenvalue weighted by Gasteiger charge is -2.26. The van der Waals surface area contributed by atoms with Crippen molar-refractivity contribution in [3.63, 3.8) is 0 Å². The molecule has 21 heavy (non-hydrogen) atoms. The van der Waals surface area contributed by atoms with Gasteiger partial charge < -0.3 is 15.3 Å².